The zero-order valence-corrected chi connectivity index (χ0v) is 14.4. The van der Waals surface area contributed by atoms with Crippen LogP contribution in [0, 0.1) is 23.0 Å². The molecule has 134 valence electrons. The van der Waals surface area contributed by atoms with Crippen LogP contribution in [0.4, 0.5) is 11.4 Å². The van der Waals surface area contributed by atoms with E-state index >= 15 is 0 Å². The maximum atomic E-state index is 12.6. The number of amides is 2. The minimum Gasteiger partial charge on any atom is -0.339 e. The van der Waals surface area contributed by atoms with E-state index < -0.39 is 10.8 Å². The van der Waals surface area contributed by atoms with E-state index in [4.69, 9.17) is 0 Å². The number of nitrogens with zero attached hydrogens (tertiary/aromatic N) is 2. The minimum absolute atomic E-state index is 0.0240. The number of rotatable bonds is 4. The molecule has 3 rings (SSSR count). The van der Waals surface area contributed by atoms with E-state index in [9.17, 15) is 19.7 Å². The quantitative estimate of drug-likeness (QED) is 0.670. The summed E-state index contributed by atoms with van der Waals surface area (Å²) in [6.07, 6.45) is 5.75. The molecule has 0 spiro atoms. The molecule has 2 fully saturated rings. The number of carbonyl (C=O) groups excluding carboxylic acids is 2. The van der Waals surface area contributed by atoms with Gasteiger partial charge >= 0.3 is 0 Å². The molecule has 7 nitrogen and oxygen atoms in total. The molecule has 1 atom stereocenters. The van der Waals surface area contributed by atoms with Crippen LogP contribution in [-0.4, -0.2) is 34.2 Å². The van der Waals surface area contributed by atoms with Crippen LogP contribution < -0.4 is 5.32 Å². The van der Waals surface area contributed by atoms with E-state index in [1.54, 1.807) is 19.1 Å². The smallest absolute Gasteiger partial charge is 0.274 e. The number of nitrogens with one attached hydrogen (secondary N) is 1. The second kappa shape index (κ2) is 7.21. The lowest BCUT2D eigenvalue weighted by atomic mass is 9.94. The molecule has 25 heavy (non-hydrogen) atoms. The zero-order chi connectivity index (χ0) is 18.0. The lowest BCUT2D eigenvalue weighted by Crippen LogP contribution is -2.38. The Morgan fingerprint density at radius 2 is 2.00 bits per heavy atom. The Morgan fingerprint density at radius 3 is 2.68 bits per heavy atom. The highest BCUT2D eigenvalue weighted by atomic mass is 16.6. The van der Waals surface area contributed by atoms with Gasteiger partial charge in [-0.25, -0.2) is 0 Å². The summed E-state index contributed by atoms with van der Waals surface area (Å²) in [6.45, 7) is 2.06. The SMILES string of the molecule is Cc1c(NC(=O)[C@H]2CC(=O)N(C3CCCCC3)C2)cccc1[N+](=O)[O-]. The van der Waals surface area contributed by atoms with Gasteiger partial charge in [-0.3, -0.25) is 19.7 Å². The summed E-state index contributed by atoms with van der Waals surface area (Å²) < 4.78 is 0. The summed E-state index contributed by atoms with van der Waals surface area (Å²) >= 11 is 0. The van der Waals surface area contributed by atoms with Crippen molar-refractivity contribution in [3.63, 3.8) is 0 Å². The zero-order valence-electron chi connectivity index (χ0n) is 14.4. The van der Waals surface area contributed by atoms with Crippen LogP contribution in [0.2, 0.25) is 0 Å². The second-order valence-corrected chi connectivity index (χ2v) is 6.94. The predicted molar refractivity (Wildman–Crippen MR) is 93.2 cm³/mol. The largest absolute Gasteiger partial charge is 0.339 e. The monoisotopic (exact) mass is 345 g/mol. The highest BCUT2D eigenvalue weighted by molar-refractivity contribution is 5.98. The van der Waals surface area contributed by atoms with E-state index in [1.807, 2.05) is 4.90 Å². The van der Waals surface area contributed by atoms with E-state index in [-0.39, 0.29) is 30.0 Å². The molecular formula is C18H23N3O4. The molecule has 1 saturated carbocycles. The van der Waals surface area contributed by atoms with E-state index in [2.05, 4.69) is 5.32 Å². The van der Waals surface area contributed by atoms with Crippen molar-refractivity contribution in [1.29, 1.82) is 0 Å². The van der Waals surface area contributed by atoms with Gasteiger partial charge < -0.3 is 10.2 Å². The summed E-state index contributed by atoms with van der Waals surface area (Å²) in [4.78, 5) is 37.3. The van der Waals surface area contributed by atoms with Crippen LogP contribution in [0.25, 0.3) is 0 Å². The van der Waals surface area contributed by atoms with Crippen molar-refractivity contribution >= 4 is 23.2 Å². The Bertz CT molecular complexity index is 698. The molecule has 0 aromatic heterocycles. The molecule has 1 N–H and O–H groups in total. The molecule has 1 heterocycles. The number of benzene rings is 1. The van der Waals surface area contributed by atoms with Gasteiger partial charge in [0.2, 0.25) is 11.8 Å². The first-order valence-electron chi connectivity index (χ1n) is 8.81. The first-order valence-corrected chi connectivity index (χ1v) is 8.81. The van der Waals surface area contributed by atoms with Crippen molar-refractivity contribution in [3.05, 3.63) is 33.9 Å². The summed E-state index contributed by atoms with van der Waals surface area (Å²) in [5.41, 5.74) is 0.834. The van der Waals surface area contributed by atoms with Gasteiger partial charge in [0.05, 0.1) is 22.1 Å². The molecule has 1 aliphatic heterocycles. The lowest BCUT2D eigenvalue weighted by Gasteiger charge is -2.31. The maximum Gasteiger partial charge on any atom is 0.274 e. The van der Waals surface area contributed by atoms with Gasteiger partial charge in [0.25, 0.3) is 5.69 Å². The second-order valence-electron chi connectivity index (χ2n) is 6.94. The number of nitro groups is 1. The molecule has 1 saturated heterocycles. The van der Waals surface area contributed by atoms with Crippen LogP contribution in [-0.2, 0) is 9.59 Å². The summed E-state index contributed by atoms with van der Waals surface area (Å²) in [5, 5.41) is 13.8. The topological polar surface area (TPSA) is 92.6 Å². The van der Waals surface area contributed by atoms with Crippen LogP contribution in [0.5, 0.6) is 0 Å². The molecule has 1 aliphatic carbocycles. The molecule has 0 bridgehead atoms. The Labute approximate surface area is 146 Å². The van der Waals surface area contributed by atoms with Crippen LogP contribution in [0.3, 0.4) is 0 Å². The maximum absolute atomic E-state index is 12.6. The van der Waals surface area contributed by atoms with Gasteiger partial charge in [0, 0.05) is 25.1 Å². The number of carbonyl (C=O) groups is 2. The van der Waals surface area contributed by atoms with Gasteiger partial charge in [-0.15, -0.1) is 0 Å². The Morgan fingerprint density at radius 1 is 1.28 bits per heavy atom. The summed E-state index contributed by atoms with van der Waals surface area (Å²) in [6, 6.07) is 4.87. The average molecular weight is 345 g/mol. The number of nitro benzene ring substituents is 1. The third-order valence-electron chi connectivity index (χ3n) is 5.30. The summed E-state index contributed by atoms with van der Waals surface area (Å²) in [5.74, 6) is -0.592. The number of hydrogen-bond acceptors (Lipinski definition) is 4. The minimum atomic E-state index is -0.463. The van der Waals surface area contributed by atoms with Crippen molar-refractivity contribution in [2.24, 2.45) is 5.92 Å². The van der Waals surface area contributed by atoms with E-state index in [0.717, 1.165) is 25.7 Å². The van der Waals surface area contributed by atoms with Crippen LogP contribution in [0.15, 0.2) is 18.2 Å². The predicted octanol–water partition coefficient (Wildman–Crippen LogP) is 3.02. The first kappa shape index (κ1) is 17.4. The van der Waals surface area contributed by atoms with Crippen LogP contribution in [0.1, 0.15) is 44.1 Å². The Balaban J connectivity index is 1.67. The van der Waals surface area contributed by atoms with Crippen molar-refractivity contribution < 1.29 is 14.5 Å². The van der Waals surface area contributed by atoms with Gasteiger partial charge in [0.15, 0.2) is 0 Å². The fourth-order valence-electron chi connectivity index (χ4n) is 3.84. The van der Waals surface area contributed by atoms with Crippen molar-refractivity contribution in [1.82, 2.24) is 4.90 Å². The third kappa shape index (κ3) is 3.65. The van der Waals surface area contributed by atoms with Gasteiger partial charge in [0.1, 0.15) is 0 Å². The molecule has 1 aromatic carbocycles. The van der Waals surface area contributed by atoms with E-state index in [0.29, 0.717) is 17.8 Å². The molecule has 0 unspecified atom stereocenters. The van der Waals surface area contributed by atoms with E-state index in [1.165, 1.54) is 12.5 Å². The van der Waals surface area contributed by atoms with Gasteiger partial charge in [-0.05, 0) is 25.8 Å². The Kier molecular flexibility index (Phi) is 5.01. The van der Waals surface area contributed by atoms with Crippen molar-refractivity contribution in [3.8, 4) is 0 Å². The number of anilines is 1. The van der Waals surface area contributed by atoms with Gasteiger partial charge in [-0.1, -0.05) is 25.3 Å². The molecule has 1 aromatic rings. The third-order valence-corrected chi connectivity index (χ3v) is 5.30. The summed E-state index contributed by atoms with van der Waals surface area (Å²) in [7, 11) is 0. The van der Waals surface area contributed by atoms with Crippen molar-refractivity contribution in [2.75, 3.05) is 11.9 Å². The molecule has 2 aliphatic rings. The molecule has 2 amide bonds. The van der Waals surface area contributed by atoms with Gasteiger partial charge in [-0.2, -0.15) is 0 Å². The highest BCUT2D eigenvalue weighted by Crippen LogP contribution is 2.30. The fourth-order valence-corrected chi connectivity index (χ4v) is 3.84. The van der Waals surface area contributed by atoms with Crippen molar-refractivity contribution in [2.45, 2.75) is 51.5 Å². The number of likely N-dealkylation sites (tertiary alicyclic amines) is 1. The number of hydrogen-bond donors (Lipinski definition) is 1. The first-order chi connectivity index (χ1) is 12.0. The standard InChI is InChI=1S/C18H23N3O4/c1-12-15(8-5-9-16(12)21(24)25)19-18(23)13-10-17(22)20(11-13)14-6-3-2-4-7-14/h5,8-9,13-14H,2-4,6-7,10-11H2,1H3,(H,19,23)/t13-/m0/s1. The average Bonchev–Trinajstić information content (AvgIpc) is 2.99. The fraction of sp³-hybridized carbons (Fsp3) is 0.556. The Hall–Kier alpha value is -2.44. The molecule has 7 heteroatoms. The van der Waals surface area contributed by atoms with Crippen LogP contribution >= 0.6 is 0 Å². The highest BCUT2D eigenvalue weighted by Gasteiger charge is 2.38. The molecule has 0 radical (unpaired) electrons. The normalized spacial score (nSPS) is 21.4. The lowest BCUT2D eigenvalue weighted by molar-refractivity contribution is -0.385. The molecular weight excluding hydrogens is 322 g/mol.